The van der Waals surface area contributed by atoms with Gasteiger partial charge in [-0.2, -0.15) is 5.10 Å². The molecule has 2 aromatic rings. The maximum Gasteiger partial charge on any atom is 0.276 e. The zero-order valence-electron chi connectivity index (χ0n) is 12.0. The van der Waals surface area contributed by atoms with Gasteiger partial charge in [-0.1, -0.05) is 19.4 Å². The molecule has 0 aliphatic heterocycles. The van der Waals surface area contributed by atoms with Gasteiger partial charge in [-0.3, -0.25) is 9.89 Å². The standard InChI is InChI=1S/C15H19N3O2/c1-4-5-11-9-13(18-17-11)15(19)16-12-8-10(2)6-7-14(12)20-3/h6-9H,4-5H2,1-3H3,(H,16,19)(H,17,18). The summed E-state index contributed by atoms with van der Waals surface area (Å²) < 4.78 is 5.24. The van der Waals surface area contributed by atoms with Crippen molar-refractivity contribution in [1.29, 1.82) is 0 Å². The van der Waals surface area contributed by atoms with Crippen LogP contribution in [0.1, 0.15) is 35.1 Å². The van der Waals surface area contributed by atoms with E-state index in [4.69, 9.17) is 4.74 Å². The van der Waals surface area contributed by atoms with E-state index in [0.717, 1.165) is 24.1 Å². The van der Waals surface area contributed by atoms with Gasteiger partial charge in [0.25, 0.3) is 5.91 Å². The summed E-state index contributed by atoms with van der Waals surface area (Å²) in [6.45, 7) is 4.04. The zero-order valence-corrected chi connectivity index (χ0v) is 12.0. The Balaban J connectivity index is 2.16. The summed E-state index contributed by atoms with van der Waals surface area (Å²) in [7, 11) is 1.58. The lowest BCUT2D eigenvalue weighted by Crippen LogP contribution is -2.13. The molecule has 106 valence electrons. The van der Waals surface area contributed by atoms with E-state index < -0.39 is 0 Å². The molecule has 0 atom stereocenters. The van der Waals surface area contributed by atoms with E-state index in [1.54, 1.807) is 13.2 Å². The molecule has 2 N–H and O–H groups in total. The number of carbonyl (C=O) groups excluding carboxylic acids is 1. The van der Waals surface area contributed by atoms with Crippen molar-refractivity contribution >= 4 is 11.6 Å². The maximum absolute atomic E-state index is 12.2. The monoisotopic (exact) mass is 273 g/mol. The minimum Gasteiger partial charge on any atom is -0.495 e. The fraction of sp³-hybridized carbons (Fsp3) is 0.333. The van der Waals surface area contributed by atoms with Crippen molar-refractivity contribution < 1.29 is 9.53 Å². The third-order valence-corrected chi connectivity index (χ3v) is 2.99. The fourth-order valence-electron chi connectivity index (χ4n) is 1.98. The average Bonchev–Trinajstić information content (AvgIpc) is 2.88. The van der Waals surface area contributed by atoms with Crippen LogP contribution in [-0.4, -0.2) is 23.2 Å². The Kier molecular flexibility index (Phi) is 4.40. The van der Waals surface area contributed by atoms with Crippen LogP contribution in [0, 0.1) is 6.92 Å². The number of nitrogens with zero attached hydrogens (tertiary/aromatic N) is 1. The summed E-state index contributed by atoms with van der Waals surface area (Å²) in [6.07, 6.45) is 1.89. The molecule has 0 fully saturated rings. The summed E-state index contributed by atoms with van der Waals surface area (Å²) in [5.41, 5.74) is 3.05. The summed E-state index contributed by atoms with van der Waals surface area (Å²) in [5.74, 6) is 0.390. The van der Waals surface area contributed by atoms with Crippen molar-refractivity contribution in [2.24, 2.45) is 0 Å². The van der Waals surface area contributed by atoms with E-state index in [1.165, 1.54) is 0 Å². The highest BCUT2D eigenvalue weighted by atomic mass is 16.5. The predicted molar refractivity (Wildman–Crippen MR) is 78.3 cm³/mol. The van der Waals surface area contributed by atoms with Crippen molar-refractivity contribution in [3.05, 3.63) is 41.2 Å². The second-order valence-corrected chi connectivity index (χ2v) is 4.69. The Bertz CT molecular complexity index is 605. The summed E-state index contributed by atoms with van der Waals surface area (Å²) in [6, 6.07) is 7.41. The van der Waals surface area contributed by atoms with E-state index in [2.05, 4.69) is 22.4 Å². The molecule has 5 heteroatoms. The minimum atomic E-state index is -0.243. The number of rotatable bonds is 5. The zero-order chi connectivity index (χ0) is 14.5. The molecular weight excluding hydrogens is 254 g/mol. The van der Waals surface area contributed by atoms with Gasteiger partial charge in [0, 0.05) is 5.69 Å². The molecule has 5 nitrogen and oxygen atoms in total. The molecule has 0 saturated carbocycles. The van der Waals surface area contributed by atoms with Crippen molar-refractivity contribution in [2.45, 2.75) is 26.7 Å². The molecule has 1 heterocycles. The van der Waals surface area contributed by atoms with Crippen LogP contribution in [0.5, 0.6) is 5.75 Å². The van der Waals surface area contributed by atoms with Crippen molar-refractivity contribution in [1.82, 2.24) is 10.2 Å². The molecule has 0 aliphatic rings. The lowest BCUT2D eigenvalue weighted by atomic mass is 10.2. The molecule has 20 heavy (non-hydrogen) atoms. The highest BCUT2D eigenvalue weighted by Gasteiger charge is 2.13. The number of hydrogen-bond donors (Lipinski definition) is 2. The molecule has 1 amide bonds. The fourth-order valence-corrected chi connectivity index (χ4v) is 1.98. The minimum absolute atomic E-state index is 0.243. The topological polar surface area (TPSA) is 67.0 Å². The van der Waals surface area contributed by atoms with E-state index in [-0.39, 0.29) is 5.91 Å². The number of benzene rings is 1. The molecule has 2 rings (SSSR count). The van der Waals surface area contributed by atoms with Crippen molar-refractivity contribution in [2.75, 3.05) is 12.4 Å². The number of ether oxygens (including phenoxy) is 1. The summed E-state index contributed by atoms with van der Waals surface area (Å²) >= 11 is 0. The van der Waals surface area contributed by atoms with Gasteiger partial charge in [0.2, 0.25) is 0 Å². The number of nitrogens with one attached hydrogen (secondary N) is 2. The molecule has 0 unspecified atom stereocenters. The van der Waals surface area contributed by atoms with Gasteiger partial charge < -0.3 is 10.1 Å². The molecule has 0 radical (unpaired) electrons. The second-order valence-electron chi connectivity index (χ2n) is 4.69. The Morgan fingerprint density at radius 3 is 2.90 bits per heavy atom. The van der Waals surface area contributed by atoms with Crippen LogP contribution in [0.4, 0.5) is 5.69 Å². The Morgan fingerprint density at radius 2 is 2.20 bits per heavy atom. The molecule has 0 aliphatic carbocycles. The highest BCUT2D eigenvalue weighted by Crippen LogP contribution is 2.25. The Morgan fingerprint density at radius 1 is 1.40 bits per heavy atom. The Hall–Kier alpha value is -2.30. The number of methoxy groups -OCH3 is 1. The highest BCUT2D eigenvalue weighted by molar-refractivity contribution is 6.03. The van der Waals surface area contributed by atoms with Crippen LogP contribution in [0.15, 0.2) is 24.3 Å². The predicted octanol–water partition coefficient (Wildman–Crippen LogP) is 2.93. The van der Waals surface area contributed by atoms with E-state index >= 15 is 0 Å². The lowest BCUT2D eigenvalue weighted by Gasteiger charge is -2.09. The first-order valence-electron chi connectivity index (χ1n) is 6.64. The SMILES string of the molecule is CCCc1cc(C(=O)Nc2cc(C)ccc2OC)n[nH]1. The van der Waals surface area contributed by atoms with E-state index in [0.29, 0.717) is 17.1 Å². The average molecular weight is 273 g/mol. The summed E-state index contributed by atoms with van der Waals surface area (Å²) in [4.78, 5) is 12.2. The number of carbonyl (C=O) groups is 1. The maximum atomic E-state index is 12.2. The molecule has 1 aromatic heterocycles. The number of amides is 1. The van der Waals surface area contributed by atoms with Crippen LogP contribution in [-0.2, 0) is 6.42 Å². The van der Waals surface area contributed by atoms with Crippen LogP contribution in [0.3, 0.4) is 0 Å². The van der Waals surface area contributed by atoms with Gasteiger partial charge in [0.15, 0.2) is 5.69 Å². The number of anilines is 1. The van der Waals surface area contributed by atoms with Crippen LogP contribution in [0.25, 0.3) is 0 Å². The number of hydrogen-bond acceptors (Lipinski definition) is 3. The van der Waals surface area contributed by atoms with E-state index in [1.807, 2.05) is 25.1 Å². The largest absolute Gasteiger partial charge is 0.495 e. The van der Waals surface area contributed by atoms with Gasteiger partial charge >= 0.3 is 0 Å². The lowest BCUT2D eigenvalue weighted by molar-refractivity contribution is 0.102. The van der Waals surface area contributed by atoms with Crippen LogP contribution < -0.4 is 10.1 Å². The van der Waals surface area contributed by atoms with Gasteiger partial charge in [0.1, 0.15) is 5.75 Å². The third-order valence-electron chi connectivity index (χ3n) is 2.99. The summed E-state index contributed by atoms with van der Waals surface area (Å²) in [5, 5.41) is 9.73. The number of aromatic nitrogens is 2. The molecule has 0 bridgehead atoms. The molecular formula is C15H19N3O2. The van der Waals surface area contributed by atoms with Crippen LogP contribution >= 0.6 is 0 Å². The van der Waals surface area contributed by atoms with Gasteiger partial charge in [-0.25, -0.2) is 0 Å². The first-order valence-corrected chi connectivity index (χ1v) is 6.64. The first-order chi connectivity index (χ1) is 9.63. The number of H-pyrrole nitrogens is 1. The number of aryl methyl sites for hydroxylation is 2. The quantitative estimate of drug-likeness (QED) is 0.880. The van der Waals surface area contributed by atoms with Gasteiger partial charge in [-0.05, 0) is 37.1 Å². The smallest absolute Gasteiger partial charge is 0.276 e. The van der Waals surface area contributed by atoms with Gasteiger partial charge in [-0.15, -0.1) is 0 Å². The first kappa shape index (κ1) is 14.1. The van der Waals surface area contributed by atoms with E-state index in [9.17, 15) is 4.79 Å². The number of aromatic amines is 1. The second kappa shape index (κ2) is 6.23. The van der Waals surface area contributed by atoms with Crippen molar-refractivity contribution in [3.8, 4) is 5.75 Å². The normalized spacial score (nSPS) is 10.3. The van der Waals surface area contributed by atoms with Crippen LogP contribution in [0.2, 0.25) is 0 Å². The molecule has 0 spiro atoms. The third kappa shape index (κ3) is 3.17. The van der Waals surface area contributed by atoms with Crippen molar-refractivity contribution in [3.63, 3.8) is 0 Å². The van der Waals surface area contributed by atoms with Gasteiger partial charge in [0.05, 0.1) is 12.8 Å². The Labute approximate surface area is 118 Å². The molecule has 0 saturated heterocycles. The molecule has 1 aromatic carbocycles.